The van der Waals surface area contributed by atoms with Crippen LogP contribution in [0.15, 0.2) is 42.7 Å². The van der Waals surface area contributed by atoms with Gasteiger partial charge in [-0.1, -0.05) is 12.1 Å². The van der Waals surface area contributed by atoms with E-state index in [-0.39, 0.29) is 11.3 Å². The fraction of sp³-hybridized carbons (Fsp3) is 0.429. The molecule has 1 atom stereocenters. The lowest BCUT2D eigenvalue weighted by atomic mass is 9.79. The maximum atomic E-state index is 14.0. The summed E-state index contributed by atoms with van der Waals surface area (Å²) in [7, 11) is 0. The number of carbonyl (C=O) groups is 1. The summed E-state index contributed by atoms with van der Waals surface area (Å²) in [6.45, 7) is 3.52. The molecule has 0 saturated carbocycles. The molecule has 0 bridgehead atoms. The highest BCUT2D eigenvalue weighted by atomic mass is 19.2. The van der Waals surface area contributed by atoms with Gasteiger partial charge in [-0.25, -0.2) is 8.78 Å². The molecule has 4 nitrogen and oxygen atoms in total. The van der Waals surface area contributed by atoms with E-state index in [9.17, 15) is 13.6 Å². The molecule has 1 aromatic carbocycles. The number of hydrogen-bond acceptors (Lipinski definition) is 3. The summed E-state index contributed by atoms with van der Waals surface area (Å²) in [5.41, 5.74) is 1.05. The highest BCUT2D eigenvalue weighted by Gasteiger charge is 2.42. The maximum Gasteiger partial charge on any atom is 0.255 e. The summed E-state index contributed by atoms with van der Waals surface area (Å²) in [4.78, 5) is 20.8. The third kappa shape index (κ3) is 3.72. The van der Waals surface area contributed by atoms with Crippen molar-refractivity contribution in [3.05, 3.63) is 65.5 Å². The molecule has 2 aliphatic rings. The lowest BCUT2D eigenvalue weighted by Crippen LogP contribution is -2.45. The fourth-order valence-corrected chi connectivity index (χ4v) is 4.47. The van der Waals surface area contributed by atoms with E-state index in [4.69, 9.17) is 0 Å². The van der Waals surface area contributed by atoms with E-state index < -0.39 is 11.6 Å². The number of aromatic nitrogens is 1. The lowest BCUT2D eigenvalue weighted by Gasteiger charge is -2.40. The van der Waals surface area contributed by atoms with Crippen LogP contribution in [0.4, 0.5) is 8.78 Å². The zero-order valence-electron chi connectivity index (χ0n) is 15.2. The molecule has 0 N–H and O–H groups in total. The number of halogens is 2. The Hall–Kier alpha value is -2.34. The van der Waals surface area contributed by atoms with Crippen molar-refractivity contribution in [2.75, 3.05) is 26.2 Å². The summed E-state index contributed by atoms with van der Waals surface area (Å²) < 4.78 is 27.5. The van der Waals surface area contributed by atoms with Crippen molar-refractivity contribution < 1.29 is 13.6 Å². The van der Waals surface area contributed by atoms with Crippen LogP contribution in [0, 0.1) is 17.0 Å². The molecule has 142 valence electrons. The van der Waals surface area contributed by atoms with E-state index in [0.717, 1.165) is 45.0 Å². The normalized spacial score (nSPS) is 23.1. The maximum absolute atomic E-state index is 14.0. The monoisotopic (exact) mass is 371 g/mol. The Kier molecular flexibility index (Phi) is 4.91. The third-order valence-corrected chi connectivity index (χ3v) is 5.80. The van der Waals surface area contributed by atoms with Crippen molar-refractivity contribution in [1.82, 2.24) is 14.8 Å². The molecule has 0 radical (unpaired) electrons. The topological polar surface area (TPSA) is 36.4 Å². The third-order valence-electron chi connectivity index (χ3n) is 5.80. The average molecular weight is 371 g/mol. The van der Waals surface area contributed by atoms with E-state index in [1.54, 1.807) is 36.7 Å². The molecule has 1 spiro atoms. The molecule has 2 aliphatic heterocycles. The first-order chi connectivity index (χ1) is 13.1. The molecule has 1 aromatic heterocycles. The Balaban J connectivity index is 1.43. The number of piperidine rings is 1. The Morgan fingerprint density at radius 2 is 2.00 bits per heavy atom. The molecular weight excluding hydrogens is 348 g/mol. The van der Waals surface area contributed by atoms with Crippen LogP contribution >= 0.6 is 0 Å². The van der Waals surface area contributed by atoms with Crippen LogP contribution in [-0.4, -0.2) is 46.9 Å². The van der Waals surface area contributed by atoms with E-state index >= 15 is 0 Å². The van der Waals surface area contributed by atoms with E-state index in [1.807, 2.05) is 4.90 Å². The molecule has 4 rings (SSSR count). The van der Waals surface area contributed by atoms with Gasteiger partial charge in [0.1, 0.15) is 0 Å². The van der Waals surface area contributed by atoms with Crippen LogP contribution in [0.1, 0.15) is 35.2 Å². The molecule has 2 fully saturated rings. The molecule has 27 heavy (non-hydrogen) atoms. The largest absolute Gasteiger partial charge is 0.338 e. The number of likely N-dealkylation sites (tertiary alicyclic amines) is 2. The average Bonchev–Trinajstić information content (AvgIpc) is 3.09. The molecule has 0 aliphatic carbocycles. The Labute approximate surface area is 157 Å². The Morgan fingerprint density at radius 3 is 2.81 bits per heavy atom. The minimum Gasteiger partial charge on any atom is -0.338 e. The van der Waals surface area contributed by atoms with Gasteiger partial charge in [-0.3, -0.25) is 14.7 Å². The number of pyridine rings is 1. The van der Waals surface area contributed by atoms with Gasteiger partial charge in [0.15, 0.2) is 11.6 Å². The second-order valence-electron chi connectivity index (χ2n) is 7.75. The van der Waals surface area contributed by atoms with Crippen molar-refractivity contribution in [3.63, 3.8) is 0 Å². The van der Waals surface area contributed by atoms with Crippen LogP contribution in [0.2, 0.25) is 0 Å². The van der Waals surface area contributed by atoms with Gasteiger partial charge in [-0.15, -0.1) is 0 Å². The van der Waals surface area contributed by atoms with Gasteiger partial charge in [0, 0.05) is 49.6 Å². The first-order valence-corrected chi connectivity index (χ1v) is 9.41. The number of carbonyl (C=O) groups excluding carboxylic acids is 1. The number of amides is 1. The summed E-state index contributed by atoms with van der Waals surface area (Å²) in [6.07, 6.45) is 6.28. The van der Waals surface area contributed by atoms with Gasteiger partial charge >= 0.3 is 0 Å². The van der Waals surface area contributed by atoms with Crippen molar-refractivity contribution in [2.45, 2.75) is 25.8 Å². The smallest absolute Gasteiger partial charge is 0.255 e. The van der Waals surface area contributed by atoms with Gasteiger partial charge in [0.25, 0.3) is 5.91 Å². The molecular formula is C21H23F2N3O. The van der Waals surface area contributed by atoms with Gasteiger partial charge in [-0.2, -0.15) is 0 Å². The number of rotatable bonds is 3. The number of hydrogen-bond donors (Lipinski definition) is 0. The van der Waals surface area contributed by atoms with E-state index in [2.05, 4.69) is 9.88 Å². The number of nitrogens with zero attached hydrogens (tertiary/aromatic N) is 3. The van der Waals surface area contributed by atoms with Crippen molar-refractivity contribution in [2.24, 2.45) is 5.41 Å². The van der Waals surface area contributed by atoms with Crippen molar-refractivity contribution in [3.8, 4) is 0 Å². The fourth-order valence-electron chi connectivity index (χ4n) is 4.47. The first kappa shape index (κ1) is 18.0. The predicted octanol–water partition coefficient (Wildman–Crippen LogP) is 3.49. The van der Waals surface area contributed by atoms with Gasteiger partial charge in [-0.05, 0) is 44.0 Å². The second-order valence-corrected chi connectivity index (χ2v) is 7.75. The first-order valence-electron chi connectivity index (χ1n) is 9.41. The van der Waals surface area contributed by atoms with E-state index in [0.29, 0.717) is 24.2 Å². The summed E-state index contributed by atoms with van der Waals surface area (Å²) in [5, 5.41) is 0. The minimum atomic E-state index is -0.798. The van der Waals surface area contributed by atoms with Gasteiger partial charge in [0.2, 0.25) is 0 Å². The summed E-state index contributed by atoms with van der Waals surface area (Å²) >= 11 is 0. The van der Waals surface area contributed by atoms with Crippen LogP contribution < -0.4 is 0 Å². The Morgan fingerprint density at radius 1 is 1.11 bits per heavy atom. The molecule has 2 saturated heterocycles. The van der Waals surface area contributed by atoms with E-state index in [1.165, 1.54) is 0 Å². The van der Waals surface area contributed by atoms with Crippen molar-refractivity contribution >= 4 is 5.91 Å². The van der Waals surface area contributed by atoms with Crippen LogP contribution in [-0.2, 0) is 6.54 Å². The van der Waals surface area contributed by atoms with Crippen molar-refractivity contribution in [1.29, 1.82) is 0 Å². The highest BCUT2D eigenvalue weighted by Crippen LogP contribution is 2.39. The summed E-state index contributed by atoms with van der Waals surface area (Å²) in [5.74, 6) is -1.53. The highest BCUT2D eigenvalue weighted by molar-refractivity contribution is 5.94. The quantitative estimate of drug-likeness (QED) is 0.829. The van der Waals surface area contributed by atoms with Gasteiger partial charge in [0.05, 0.1) is 5.56 Å². The van der Waals surface area contributed by atoms with Gasteiger partial charge < -0.3 is 4.90 Å². The standard InChI is InChI=1S/C21H23F2N3O/c22-18-6-1-4-17(19(18)23)13-25-10-3-7-21(14-25)8-11-26(15-21)20(27)16-5-2-9-24-12-16/h1-2,4-6,9,12H,3,7-8,10-11,13-15H2/t21-/m1/s1. The molecule has 6 heteroatoms. The summed E-state index contributed by atoms with van der Waals surface area (Å²) in [6, 6.07) is 7.91. The minimum absolute atomic E-state index is 0.0215. The molecule has 0 unspecified atom stereocenters. The second kappa shape index (κ2) is 7.35. The SMILES string of the molecule is O=C(c1cccnc1)N1CC[C@@]2(CCCN(Cc3cccc(F)c3F)C2)C1. The molecule has 1 amide bonds. The van der Waals surface area contributed by atoms with Crippen LogP contribution in [0.5, 0.6) is 0 Å². The van der Waals surface area contributed by atoms with Crippen LogP contribution in [0.25, 0.3) is 0 Å². The Bertz CT molecular complexity index is 829. The zero-order chi connectivity index (χ0) is 18.9. The number of benzene rings is 1. The van der Waals surface area contributed by atoms with Crippen LogP contribution in [0.3, 0.4) is 0 Å². The predicted molar refractivity (Wildman–Crippen MR) is 98.1 cm³/mol. The molecule has 2 aromatic rings. The molecule has 3 heterocycles. The zero-order valence-corrected chi connectivity index (χ0v) is 15.2. The lowest BCUT2D eigenvalue weighted by molar-refractivity contribution is 0.0672.